The molecule has 21 heteroatoms. The van der Waals surface area contributed by atoms with Gasteiger partial charge in [-0.15, -0.1) is 0 Å². The molecule has 1 aliphatic rings. The molecule has 0 spiro atoms. The Morgan fingerprint density at radius 2 is 1.14 bits per heavy atom. The molecule has 0 unspecified atom stereocenters. The first kappa shape index (κ1) is 52.4. The highest BCUT2D eigenvalue weighted by Gasteiger charge is 2.52. The maximum absolute atomic E-state index is 12.8. The molecule has 6 aromatic rings. The molecule has 7 rings (SSSR count). The molecule has 0 aliphatic carbocycles. The van der Waals surface area contributed by atoms with E-state index in [-0.39, 0.29) is 11.8 Å². The molecule has 0 aromatic carbocycles. The quantitative estimate of drug-likeness (QED) is 0.0932. The lowest BCUT2D eigenvalue weighted by atomic mass is 9.79. The van der Waals surface area contributed by atoms with Crippen LogP contribution >= 0.6 is 38.5 Å². The van der Waals surface area contributed by atoms with E-state index >= 15 is 0 Å². The average molecular weight is 1070 g/mol. The highest BCUT2D eigenvalue weighted by Crippen LogP contribution is 2.36. The Bertz CT molecular complexity index is 2680. The standard InChI is InChI=1S/C19H19N7O.C14H20BN3O2.C11H11BrN4O.CH3I/c1-24(2)17-13(9-20)8-14(10-22-17)18-23-12-16(26(18)4)19(27)25(3)15-6-5-7-21-11-15;1-13(2)14(3,4)20-15(19-13)11-7-10(8-16)12(17-9-11)18(5)6;1-15(8-4-3-5-13-6-8)10(17)9-7-14-11(12)16(9)2;1-2/h5-8,10-12H,1-4H3;7,9H,1-6H3;3-7H,1-2H3;1H3. The van der Waals surface area contributed by atoms with E-state index in [1.165, 1.54) is 16.0 Å². The van der Waals surface area contributed by atoms with Crippen molar-refractivity contribution in [3.8, 4) is 23.5 Å². The van der Waals surface area contributed by atoms with Gasteiger partial charge in [-0.3, -0.25) is 19.6 Å². The summed E-state index contributed by atoms with van der Waals surface area (Å²) in [5, 5.41) is 18.6. The lowest BCUT2D eigenvalue weighted by molar-refractivity contribution is 0.00578. The van der Waals surface area contributed by atoms with E-state index in [1.54, 1.807) is 110 Å². The molecule has 2 amide bonds. The van der Waals surface area contributed by atoms with Crippen molar-refractivity contribution in [1.29, 1.82) is 10.5 Å². The number of halogens is 2. The van der Waals surface area contributed by atoms with Gasteiger partial charge in [0, 0.05) is 92.2 Å². The molecule has 1 saturated heterocycles. The van der Waals surface area contributed by atoms with Crippen molar-refractivity contribution >= 4 is 85.9 Å². The summed E-state index contributed by atoms with van der Waals surface area (Å²) in [5.74, 6) is 1.46. The van der Waals surface area contributed by atoms with Crippen molar-refractivity contribution in [1.82, 2.24) is 39.0 Å². The Hall–Kier alpha value is -6.27. The summed E-state index contributed by atoms with van der Waals surface area (Å²) in [7, 11) is 13.8. The van der Waals surface area contributed by atoms with E-state index < -0.39 is 18.3 Å². The monoisotopic (exact) mass is 1070 g/mol. The van der Waals surface area contributed by atoms with Gasteiger partial charge in [-0.05, 0) is 85.0 Å². The lowest BCUT2D eigenvalue weighted by Gasteiger charge is -2.32. The molecule has 344 valence electrons. The van der Waals surface area contributed by atoms with E-state index in [2.05, 4.69) is 80.6 Å². The summed E-state index contributed by atoms with van der Waals surface area (Å²) in [6.07, 6.45) is 13.0. The third-order valence-electron chi connectivity index (χ3n) is 10.7. The number of hydrogen-bond acceptors (Lipinski definition) is 14. The van der Waals surface area contributed by atoms with Crippen LogP contribution in [-0.2, 0) is 23.4 Å². The van der Waals surface area contributed by atoms with Crippen LogP contribution in [0.4, 0.5) is 23.0 Å². The van der Waals surface area contributed by atoms with Gasteiger partial charge in [0.25, 0.3) is 11.8 Å². The number of nitrogens with zero attached hydrogens (tertiary/aromatic N) is 14. The normalized spacial score (nSPS) is 13.0. The molecular formula is C45H53BBrIN14O4. The first-order chi connectivity index (χ1) is 31.2. The van der Waals surface area contributed by atoms with Gasteiger partial charge in [-0.1, -0.05) is 22.6 Å². The van der Waals surface area contributed by atoms with E-state index in [4.69, 9.17) is 9.31 Å². The second-order valence-corrected chi connectivity index (χ2v) is 16.7. The summed E-state index contributed by atoms with van der Waals surface area (Å²) < 4.78 is 15.9. The molecule has 0 saturated carbocycles. The van der Waals surface area contributed by atoms with Crippen LogP contribution in [0.3, 0.4) is 0 Å². The van der Waals surface area contributed by atoms with Crippen molar-refractivity contribution in [2.24, 2.45) is 14.1 Å². The van der Waals surface area contributed by atoms with E-state index in [0.717, 1.165) is 11.2 Å². The number of aromatic nitrogens is 8. The summed E-state index contributed by atoms with van der Waals surface area (Å²) in [6.45, 7) is 8.00. The van der Waals surface area contributed by atoms with Crippen molar-refractivity contribution < 1.29 is 18.9 Å². The molecule has 18 nitrogen and oxygen atoms in total. The number of carbonyl (C=O) groups excluding carboxylic acids is 2. The average Bonchev–Trinajstić information content (AvgIpc) is 3.95. The van der Waals surface area contributed by atoms with Crippen LogP contribution < -0.4 is 25.1 Å². The van der Waals surface area contributed by atoms with Gasteiger partial charge in [0.05, 0.1) is 58.5 Å². The lowest BCUT2D eigenvalue weighted by Crippen LogP contribution is -2.41. The van der Waals surface area contributed by atoms with Crippen molar-refractivity contribution in [2.45, 2.75) is 38.9 Å². The number of alkyl halides is 1. The first-order valence-corrected chi connectivity index (χ1v) is 23.1. The molecule has 0 N–H and O–H groups in total. The minimum atomic E-state index is -0.490. The number of anilines is 4. The fourth-order valence-electron chi connectivity index (χ4n) is 6.18. The third-order valence-corrected chi connectivity index (χ3v) is 11.4. The molecule has 1 fully saturated rings. The van der Waals surface area contributed by atoms with Crippen molar-refractivity contribution in [3.05, 3.63) is 113 Å². The minimum Gasteiger partial charge on any atom is -0.399 e. The number of hydrogen-bond donors (Lipinski definition) is 0. The van der Waals surface area contributed by atoms with Crippen LogP contribution in [0.2, 0.25) is 0 Å². The van der Waals surface area contributed by atoms with Gasteiger partial charge in [0.1, 0.15) is 41.0 Å². The second-order valence-electron chi connectivity index (χ2n) is 16.0. The van der Waals surface area contributed by atoms with E-state index in [0.29, 0.717) is 56.0 Å². The number of rotatable bonds is 8. The summed E-state index contributed by atoms with van der Waals surface area (Å²) >= 11 is 5.41. The minimum absolute atomic E-state index is 0.126. The van der Waals surface area contributed by atoms with Gasteiger partial charge in [0.15, 0.2) is 4.73 Å². The predicted molar refractivity (Wildman–Crippen MR) is 269 cm³/mol. The molecule has 66 heavy (non-hydrogen) atoms. The van der Waals surface area contributed by atoms with Crippen LogP contribution in [0.1, 0.15) is 59.8 Å². The molecule has 0 radical (unpaired) electrons. The zero-order valence-corrected chi connectivity index (χ0v) is 43.1. The molecule has 7 heterocycles. The summed E-state index contributed by atoms with van der Waals surface area (Å²) in [6, 6.07) is 15.0. The van der Waals surface area contributed by atoms with Gasteiger partial charge < -0.3 is 38.0 Å². The van der Waals surface area contributed by atoms with E-state index in [9.17, 15) is 20.1 Å². The maximum atomic E-state index is 12.8. The zero-order chi connectivity index (χ0) is 49.1. The third kappa shape index (κ3) is 11.9. The topological polar surface area (TPSA) is 200 Å². The Labute approximate surface area is 408 Å². The molecular weight excluding hydrogens is 1020 g/mol. The number of pyridine rings is 4. The van der Waals surface area contributed by atoms with Crippen molar-refractivity contribution in [2.75, 3.05) is 66.8 Å². The highest BCUT2D eigenvalue weighted by molar-refractivity contribution is 14.1. The molecule has 0 bridgehead atoms. The van der Waals surface area contributed by atoms with Crippen LogP contribution in [0.15, 0.2) is 90.7 Å². The number of amides is 2. The van der Waals surface area contributed by atoms with Gasteiger partial charge in [-0.2, -0.15) is 10.5 Å². The van der Waals surface area contributed by atoms with Crippen LogP contribution in [0.5, 0.6) is 0 Å². The Morgan fingerprint density at radius 3 is 1.56 bits per heavy atom. The zero-order valence-electron chi connectivity index (χ0n) is 39.3. The molecule has 1 aliphatic heterocycles. The summed E-state index contributed by atoms with van der Waals surface area (Å²) in [4.78, 5) is 58.8. The van der Waals surface area contributed by atoms with Crippen molar-refractivity contribution in [3.63, 3.8) is 0 Å². The molecule has 6 aromatic heterocycles. The van der Waals surface area contributed by atoms with Gasteiger partial charge >= 0.3 is 7.12 Å². The maximum Gasteiger partial charge on any atom is 0.496 e. The fourth-order valence-corrected chi connectivity index (χ4v) is 6.48. The van der Waals surface area contributed by atoms with Gasteiger partial charge in [0.2, 0.25) is 0 Å². The Kier molecular flexibility index (Phi) is 18.1. The van der Waals surface area contributed by atoms with Crippen LogP contribution in [0.25, 0.3) is 11.4 Å². The second kappa shape index (κ2) is 22.8. The Morgan fingerprint density at radius 1 is 0.682 bits per heavy atom. The molecule has 0 atom stereocenters. The number of carbonyl (C=O) groups is 2. The first-order valence-electron chi connectivity index (χ1n) is 20.2. The fraction of sp³-hybridized carbons (Fsp3) is 0.333. The smallest absolute Gasteiger partial charge is 0.399 e. The Balaban J connectivity index is 0.000000218. The SMILES string of the molecule is CI.CN(C(=O)c1cnc(Br)n1C)c1cccnc1.CN(C)c1ncc(-c2ncc(C(=O)N(C)c3cccnc3)n2C)cc1C#N.CN(C)c1ncc(B2OC(C)(C)C(C)(C)O2)cc1C#N. The van der Waals surface area contributed by atoms with Gasteiger partial charge in [-0.25, -0.2) is 19.9 Å². The van der Waals surface area contributed by atoms with Crippen LogP contribution in [0, 0.1) is 22.7 Å². The largest absolute Gasteiger partial charge is 0.496 e. The summed E-state index contributed by atoms with van der Waals surface area (Å²) in [5.41, 5.74) is 3.98. The number of imidazole rings is 2. The van der Waals surface area contributed by atoms with Crippen LogP contribution in [-0.4, -0.2) is 116 Å². The highest BCUT2D eigenvalue weighted by atomic mass is 127. The number of nitriles is 2. The predicted octanol–water partition coefficient (Wildman–Crippen LogP) is 6.32. The van der Waals surface area contributed by atoms with E-state index in [1.807, 2.05) is 77.8 Å².